The minimum atomic E-state index is 0.0306. The van der Waals surface area contributed by atoms with E-state index in [0.29, 0.717) is 6.54 Å². The molecule has 0 radical (unpaired) electrons. The largest absolute Gasteiger partial charge is 0.314 e. The van der Waals surface area contributed by atoms with Crippen molar-refractivity contribution in [2.45, 2.75) is 20.4 Å². The summed E-state index contributed by atoms with van der Waals surface area (Å²) in [6.45, 7) is 5.02. The number of fused-ring (bicyclic) bond motifs is 1. The van der Waals surface area contributed by atoms with Gasteiger partial charge in [-0.1, -0.05) is 6.07 Å². The molecule has 5 heteroatoms. The summed E-state index contributed by atoms with van der Waals surface area (Å²) in [5.74, 6) is 0.754. The second-order valence-corrected chi connectivity index (χ2v) is 4.45. The first-order chi connectivity index (χ1) is 8.65. The second kappa shape index (κ2) is 3.94. The van der Waals surface area contributed by atoms with Gasteiger partial charge in [0.2, 0.25) is 11.9 Å². The Balaban J connectivity index is 2.02. The lowest BCUT2D eigenvalue weighted by Crippen LogP contribution is -2.26. The molecule has 5 nitrogen and oxygen atoms in total. The van der Waals surface area contributed by atoms with Gasteiger partial charge in [-0.25, -0.2) is 4.98 Å². The van der Waals surface area contributed by atoms with E-state index in [1.807, 2.05) is 35.9 Å². The molecule has 0 saturated carbocycles. The molecule has 0 saturated heterocycles. The highest BCUT2D eigenvalue weighted by molar-refractivity contribution is 5.90. The lowest BCUT2D eigenvalue weighted by molar-refractivity contribution is -0.116. The van der Waals surface area contributed by atoms with Gasteiger partial charge in [-0.3, -0.25) is 14.7 Å². The Morgan fingerprint density at radius 1 is 1.22 bits per heavy atom. The molecule has 0 aromatic carbocycles. The van der Waals surface area contributed by atoms with Crippen LogP contribution in [0.2, 0.25) is 0 Å². The second-order valence-electron chi connectivity index (χ2n) is 4.45. The smallest absolute Gasteiger partial charge is 0.226 e. The van der Waals surface area contributed by atoms with Crippen LogP contribution in [0.15, 0.2) is 24.4 Å². The van der Waals surface area contributed by atoms with Crippen LogP contribution in [0.4, 0.5) is 5.95 Å². The van der Waals surface area contributed by atoms with E-state index in [-0.39, 0.29) is 5.91 Å². The third-order valence-corrected chi connectivity index (χ3v) is 3.09. The first kappa shape index (κ1) is 11.0. The summed E-state index contributed by atoms with van der Waals surface area (Å²) in [7, 11) is 0. The standard InChI is InChI=1S/C13H14N4O/c1-9-4-3-5-11(14-9)12-8-16-6-7-17(10(2)18)13(16)15-12/h3-5,8H,6-7H2,1-2H3. The van der Waals surface area contributed by atoms with Crippen molar-refractivity contribution in [1.29, 1.82) is 0 Å². The van der Waals surface area contributed by atoms with Crippen LogP contribution in [-0.4, -0.2) is 27.0 Å². The topological polar surface area (TPSA) is 51.0 Å². The molecule has 1 aliphatic rings. The van der Waals surface area contributed by atoms with E-state index >= 15 is 0 Å². The Hall–Kier alpha value is -2.17. The first-order valence-electron chi connectivity index (χ1n) is 5.94. The number of imidazole rings is 1. The van der Waals surface area contributed by atoms with Crippen molar-refractivity contribution in [3.8, 4) is 11.4 Å². The van der Waals surface area contributed by atoms with Crippen molar-refractivity contribution in [3.05, 3.63) is 30.1 Å². The lowest BCUT2D eigenvalue weighted by atomic mass is 10.2. The molecule has 0 fully saturated rings. The third-order valence-electron chi connectivity index (χ3n) is 3.09. The van der Waals surface area contributed by atoms with Crippen molar-refractivity contribution in [2.24, 2.45) is 0 Å². The zero-order valence-electron chi connectivity index (χ0n) is 10.4. The zero-order chi connectivity index (χ0) is 12.7. The quantitative estimate of drug-likeness (QED) is 0.763. The van der Waals surface area contributed by atoms with Gasteiger partial charge in [-0.15, -0.1) is 0 Å². The normalized spacial score (nSPS) is 13.8. The lowest BCUT2D eigenvalue weighted by Gasteiger charge is -2.09. The maximum Gasteiger partial charge on any atom is 0.226 e. The van der Waals surface area contributed by atoms with E-state index in [1.165, 1.54) is 0 Å². The van der Waals surface area contributed by atoms with Gasteiger partial charge in [0.1, 0.15) is 5.69 Å². The molecule has 92 valence electrons. The molecule has 1 amide bonds. The van der Waals surface area contributed by atoms with Gasteiger partial charge in [0, 0.05) is 31.9 Å². The summed E-state index contributed by atoms with van der Waals surface area (Å²) in [5.41, 5.74) is 2.63. The molecule has 18 heavy (non-hydrogen) atoms. The van der Waals surface area contributed by atoms with Crippen molar-refractivity contribution >= 4 is 11.9 Å². The maximum absolute atomic E-state index is 11.5. The SMILES string of the molecule is CC(=O)N1CCn2cc(-c3cccc(C)n3)nc21. The van der Waals surface area contributed by atoms with Crippen molar-refractivity contribution in [1.82, 2.24) is 14.5 Å². The van der Waals surface area contributed by atoms with Crippen LogP contribution < -0.4 is 4.90 Å². The minimum Gasteiger partial charge on any atom is -0.314 e. The van der Waals surface area contributed by atoms with Crippen LogP contribution in [0.25, 0.3) is 11.4 Å². The van der Waals surface area contributed by atoms with Crippen LogP contribution in [-0.2, 0) is 11.3 Å². The average Bonchev–Trinajstić information content (AvgIpc) is 2.87. The molecule has 2 aromatic heterocycles. The maximum atomic E-state index is 11.5. The van der Waals surface area contributed by atoms with Gasteiger partial charge in [-0.2, -0.15) is 0 Å². The highest BCUT2D eigenvalue weighted by Gasteiger charge is 2.25. The van der Waals surface area contributed by atoms with E-state index in [4.69, 9.17) is 0 Å². The zero-order valence-corrected chi connectivity index (χ0v) is 10.4. The Kier molecular flexibility index (Phi) is 2.40. The van der Waals surface area contributed by atoms with E-state index in [2.05, 4.69) is 9.97 Å². The molecule has 0 spiro atoms. The van der Waals surface area contributed by atoms with Crippen LogP contribution in [0.5, 0.6) is 0 Å². The number of hydrogen-bond acceptors (Lipinski definition) is 3. The fourth-order valence-corrected chi connectivity index (χ4v) is 2.20. The van der Waals surface area contributed by atoms with Gasteiger partial charge < -0.3 is 4.57 Å². The van der Waals surface area contributed by atoms with Gasteiger partial charge in [0.05, 0.1) is 5.69 Å². The van der Waals surface area contributed by atoms with E-state index < -0.39 is 0 Å². The summed E-state index contributed by atoms with van der Waals surface area (Å²) in [6, 6.07) is 5.85. The van der Waals surface area contributed by atoms with Gasteiger partial charge in [-0.05, 0) is 19.1 Å². The molecule has 0 unspecified atom stereocenters. The van der Waals surface area contributed by atoms with Gasteiger partial charge in [0.25, 0.3) is 0 Å². The number of pyridine rings is 1. The number of hydrogen-bond donors (Lipinski definition) is 0. The molecular formula is C13H14N4O. The van der Waals surface area contributed by atoms with E-state index in [0.717, 1.165) is 29.6 Å². The molecular weight excluding hydrogens is 228 g/mol. The number of amides is 1. The number of aromatic nitrogens is 3. The Labute approximate surface area is 105 Å². The van der Waals surface area contributed by atoms with Crippen LogP contribution in [0, 0.1) is 6.92 Å². The summed E-state index contributed by atoms with van der Waals surface area (Å²) in [4.78, 5) is 22.1. The number of nitrogens with zero attached hydrogens (tertiary/aromatic N) is 4. The van der Waals surface area contributed by atoms with Crippen LogP contribution in [0.1, 0.15) is 12.6 Å². The number of rotatable bonds is 1. The fraction of sp³-hybridized carbons (Fsp3) is 0.308. The fourth-order valence-electron chi connectivity index (χ4n) is 2.20. The minimum absolute atomic E-state index is 0.0306. The number of carbonyl (C=O) groups is 1. The Morgan fingerprint density at radius 3 is 2.78 bits per heavy atom. The highest BCUT2D eigenvalue weighted by atomic mass is 16.2. The predicted octanol–water partition coefficient (Wildman–Crippen LogP) is 1.62. The molecule has 3 heterocycles. The number of aryl methyl sites for hydroxylation is 1. The molecule has 3 rings (SSSR count). The predicted molar refractivity (Wildman–Crippen MR) is 68.2 cm³/mol. The molecule has 0 atom stereocenters. The Bertz CT molecular complexity index is 617. The third kappa shape index (κ3) is 1.68. The van der Waals surface area contributed by atoms with Gasteiger partial charge >= 0.3 is 0 Å². The first-order valence-corrected chi connectivity index (χ1v) is 5.94. The highest BCUT2D eigenvalue weighted by Crippen LogP contribution is 2.25. The van der Waals surface area contributed by atoms with Crippen molar-refractivity contribution in [3.63, 3.8) is 0 Å². The van der Waals surface area contributed by atoms with E-state index in [1.54, 1.807) is 11.8 Å². The van der Waals surface area contributed by atoms with Gasteiger partial charge in [0.15, 0.2) is 0 Å². The summed E-state index contributed by atoms with van der Waals surface area (Å²) < 4.78 is 2.00. The number of anilines is 1. The van der Waals surface area contributed by atoms with Crippen molar-refractivity contribution in [2.75, 3.05) is 11.4 Å². The molecule has 0 aliphatic carbocycles. The summed E-state index contributed by atoms with van der Waals surface area (Å²) in [5, 5.41) is 0. The van der Waals surface area contributed by atoms with Crippen LogP contribution in [0.3, 0.4) is 0 Å². The number of carbonyl (C=O) groups excluding carboxylic acids is 1. The van der Waals surface area contributed by atoms with E-state index in [9.17, 15) is 4.79 Å². The summed E-state index contributed by atoms with van der Waals surface area (Å²) in [6.07, 6.45) is 1.96. The molecule has 1 aliphatic heterocycles. The molecule has 0 bridgehead atoms. The Morgan fingerprint density at radius 2 is 2.06 bits per heavy atom. The van der Waals surface area contributed by atoms with Crippen molar-refractivity contribution < 1.29 is 4.79 Å². The molecule has 2 aromatic rings. The molecule has 0 N–H and O–H groups in total. The average molecular weight is 242 g/mol. The summed E-state index contributed by atoms with van der Waals surface area (Å²) >= 11 is 0. The van der Waals surface area contributed by atoms with Crippen LogP contribution >= 0.6 is 0 Å². The monoisotopic (exact) mass is 242 g/mol.